The van der Waals surface area contributed by atoms with E-state index in [0.29, 0.717) is 5.56 Å². The molecular formula is C18H16O5. The molecule has 2 rings (SSSR count). The van der Waals surface area contributed by atoms with Crippen LogP contribution in [0.4, 0.5) is 0 Å². The Bertz CT molecular complexity index is 727. The number of allylic oxidation sites excluding steroid dienone is 2. The fourth-order valence-electron chi connectivity index (χ4n) is 2.21. The van der Waals surface area contributed by atoms with E-state index in [9.17, 15) is 19.8 Å². The van der Waals surface area contributed by atoms with Gasteiger partial charge >= 0.3 is 5.97 Å². The monoisotopic (exact) mass is 312 g/mol. The Morgan fingerprint density at radius 1 is 1.13 bits per heavy atom. The molecule has 0 aliphatic heterocycles. The molecule has 0 bridgehead atoms. The number of hydrogen-bond donors (Lipinski definition) is 3. The molecule has 5 heteroatoms. The number of ketones is 1. The highest BCUT2D eigenvalue weighted by atomic mass is 16.4. The zero-order valence-electron chi connectivity index (χ0n) is 12.2. The van der Waals surface area contributed by atoms with Crippen LogP contribution in [0.5, 0.6) is 5.75 Å². The Labute approximate surface area is 133 Å². The van der Waals surface area contributed by atoms with Gasteiger partial charge in [0.1, 0.15) is 5.75 Å². The summed E-state index contributed by atoms with van der Waals surface area (Å²) in [4.78, 5) is 23.0. The van der Waals surface area contributed by atoms with Gasteiger partial charge in [0, 0.05) is 17.6 Å². The summed E-state index contributed by atoms with van der Waals surface area (Å²) in [5.74, 6) is -2.54. The summed E-state index contributed by atoms with van der Waals surface area (Å²) >= 11 is 0. The van der Waals surface area contributed by atoms with Crippen molar-refractivity contribution in [2.45, 2.75) is 5.60 Å². The molecule has 1 aliphatic carbocycles. The van der Waals surface area contributed by atoms with Crippen LogP contribution in [0.3, 0.4) is 0 Å². The van der Waals surface area contributed by atoms with Crippen molar-refractivity contribution in [3.63, 3.8) is 0 Å². The Kier molecular flexibility index (Phi) is 4.93. The van der Waals surface area contributed by atoms with E-state index in [-0.39, 0.29) is 5.75 Å². The van der Waals surface area contributed by atoms with Gasteiger partial charge in [-0.05, 0) is 24.3 Å². The number of aromatic hydroxyl groups is 1. The van der Waals surface area contributed by atoms with Gasteiger partial charge in [0.2, 0.25) is 0 Å². The van der Waals surface area contributed by atoms with Gasteiger partial charge in [-0.15, -0.1) is 0 Å². The van der Waals surface area contributed by atoms with E-state index >= 15 is 0 Å². The van der Waals surface area contributed by atoms with Gasteiger partial charge in [0.25, 0.3) is 0 Å². The normalized spacial score (nSPS) is 23.6. The smallest absolute Gasteiger partial charge is 0.328 e. The minimum atomic E-state index is -1.86. The highest BCUT2D eigenvalue weighted by molar-refractivity contribution is 6.02. The van der Waals surface area contributed by atoms with E-state index in [2.05, 4.69) is 0 Å². The van der Waals surface area contributed by atoms with Crippen molar-refractivity contribution in [2.75, 3.05) is 0 Å². The third-order valence-electron chi connectivity index (χ3n) is 3.48. The molecule has 118 valence electrons. The molecular weight excluding hydrogens is 296 g/mol. The van der Waals surface area contributed by atoms with Crippen molar-refractivity contribution < 1.29 is 24.9 Å². The summed E-state index contributed by atoms with van der Waals surface area (Å²) in [6, 6.07) is 6.48. The number of carbonyl (C=O) groups is 2. The predicted octanol–water partition coefficient (Wildman–Crippen LogP) is 2.09. The molecule has 0 heterocycles. The quantitative estimate of drug-likeness (QED) is 0.724. The molecule has 1 aromatic rings. The molecule has 23 heavy (non-hydrogen) atoms. The maximum atomic E-state index is 12.4. The van der Waals surface area contributed by atoms with E-state index in [1.165, 1.54) is 36.4 Å². The summed E-state index contributed by atoms with van der Waals surface area (Å²) < 4.78 is 0. The molecule has 5 nitrogen and oxygen atoms in total. The Balaban J connectivity index is 2.25. The van der Waals surface area contributed by atoms with Crippen LogP contribution in [0.2, 0.25) is 0 Å². The Morgan fingerprint density at radius 3 is 2.57 bits per heavy atom. The van der Waals surface area contributed by atoms with E-state index in [1.807, 2.05) is 0 Å². The maximum absolute atomic E-state index is 12.4. The molecule has 1 aliphatic rings. The number of para-hydroxylation sites is 1. The second-order valence-corrected chi connectivity index (χ2v) is 5.05. The van der Waals surface area contributed by atoms with Gasteiger partial charge in [-0.25, -0.2) is 4.79 Å². The number of carbonyl (C=O) groups excluding carboxylic acids is 1. The highest BCUT2D eigenvalue weighted by Crippen LogP contribution is 2.28. The highest BCUT2D eigenvalue weighted by Gasteiger charge is 2.38. The number of aliphatic carboxylic acids is 1. The topological polar surface area (TPSA) is 94.8 Å². The van der Waals surface area contributed by atoms with Gasteiger partial charge in [0.15, 0.2) is 11.4 Å². The first-order chi connectivity index (χ1) is 10.9. The van der Waals surface area contributed by atoms with Crippen LogP contribution in [0.15, 0.2) is 66.8 Å². The third-order valence-corrected chi connectivity index (χ3v) is 3.48. The zero-order valence-corrected chi connectivity index (χ0v) is 12.2. The minimum Gasteiger partial charge on any atom is -0.507 e. The lowest BCUT2D eigenvalue weighted by molar-refractivity contribution is -0.132. The number of rotatable bonds is 5. The Morgan fingerprint density at radius 2 is 1.87 bits per heavy atom. The Hall–Kier alpha value is -2.92. The molecule has 0 radical (unpaired) electrons. The van der Waals surface area contributed by atoms with E-state index < -0.39 is 23.3 Å². The van der Waals surface area contributed by atoms with Crippen molar-refractivity contribution in [1.82, 2.24) is 0 Å². The second-order valence-electron chi connectivity index (χ2n) is 5.05. The van der Waals surface area contributed by atoms with Crippen molar-refractivity contribution in [2.24, 2.45) is 5.92 Å². The summed E-state index contributed by atoms with van der Waals surface area (Å²) in [7, 11) is 0. The molecule has 0 saturated heterocycles. The van der Waals surface area contributed by atoms with Gasteiger partial charge < -0.3 is 15.3 Å². The minimum absolute atomic E-state index is 0.0185. The molecule has 1 aromatic carbocycles. The van der Waals surface area contributed by atoms with Gasteiger partial charge in [-0.3, -0.25) is 4.79 Å². The van der Waals surface area contributed by atoms with Gasteiger partial charge in [-0.2, -0.15) is 0 Å². The fourth-order valence-corrected chi connectivity index (χ4v) is 2.21. The molecule has 0 saturated carbocycles. The third kappa shape index (κ3) is 3.84. The number of phenols is 1. The van der Waals surface area contributed by atoms with E-state index in [4.69, 9.17) is 5.11 Å². The van der Waals surface area contributed by atoms with Crippen LogP contribution in [0, 0.1) is 5.92 Å². The standard InChI is InChI=1S/C18H16O5/c19-15-7-2-1-5-13(15)8-10-16(20)18(23)12-4-3-6-14(18)9-11-17(21)22/h1-12,14,19,23H,(H,21,22)/b10-8+,11-9+. The number of carboxylic acids is 1. The number of benzene rings is 1. The summed E-state index contributed by atoms with van der Waals surface area (Å²) in [5.41, 5.74) is -1.42. The molecule has 0 aromatic heterocycles. The SMILES string of the molecule is O=C(O)/C=C/C1C=CC=CC1(O)C(=O)/C=C/c1ccccc1O. The van der Waals surface area contributed by atoms with Crippen LogP contribution < -0.4 is 0 Å². The average molecular weight is 312 g/mol. The second kappa shape index (κ2) is 6.89. The van der Waals surface area contributed by atoms with Crippen LogP contribution in [-0.2, 0) is 9.59 Å². The van der Waals surface area contributed by atoms with Gasteiger partial charge in [-0.1, -0.05) is 42.5 Å². The van der Waals surface area contributed by atoms with E-state index in [1.54, 1.807) is 30.4 Å². The van der Waals surface area contributed by atoms with Crippen molar-refractivity contribution in [1.29, 1.82) is 0 Å². The van der Waals surface area contributed by atoms with Crippen molar-refractivity contribution in [3.05, 3.63) is 72.4 Å². The predicted molar refractivity (Wildman–Crippen MR) is 85.6 cm³/mol. The first-order valence-corrected chi connectivity index (χ1v) is 6.93. The summed E-state index contributed by atoms with van der Waals surface area (Å²) in [6.07, 6.45) is 10.7. The van der Waals surface area contributed by atoms with Gasteiger partial charge in [0.05, 0.1) is 0 Å². The van der Waals surface area contributed by atoms with Crippen LogP contribution in [0.1, 0.15) is 5.56 Å². The number of carboxylic acid groups (broad SMARTS) is 1. The van der Waals surface area contributed by atoms with E-state index in [0.717, 1.165) is 6.08 Å². The lowest BCUT2D eigenvalue weighted by Crippen LogP contribution is -2.42. The first-order valence-electron chi connectivity index (χ1n) is 6.93. The molecule has 2 atom stereocenters. The molecule has 3 N–H and O–H groups in total. The summed E-state index contributed by atoms with van der Waals surface area (Å²) in [5, 5.41) is 29.0. The molecule has 0 fully saturated rings. The lowest BCUT2D eigenvalue weighted by atomic mass is 9.80. The number of hydrogen-bond acceptors (Lipinski definition) is 4. The first kappa shape index (κ1) is 16.5. The summed E-state index contributed by atoms with van der Waals surface area (Å²) in [6.45, 7) is 0. The van der Waals surface area contributed by atoms with Crippen molar-refractivity contribution >= 4 is 17.8 Å². The van der Waals surface area contributed by atoms with Crippen LogP contribution >= 0.6 is 0 Å². The number of phenolic OH excluding ortho intramolecular Hbond substituents is 1. The maximum Gasteiger partial charge on any atom is 0.328 e. The molecule has 2 unspecified atom stereocenters. The largest absolute Gasteiger partial charge is 0.507 e. The fraction of sp³-hybridized carbons (Fsp3) is 0.111. The number of aliphatic hydroxyl groups is 1. The van der Waals surface area contributed by atoms with Crippen LogP contribution in [0.25, 0.3) is 6.08 Å². The van der Waals surface area contributed by atoms with Crippen LogP contribution in [-0.4, -0.2) is 32.7 Å². The zero-order chi connectivity index (χ0) is 16.9. The lowest BCUT2D eigenvalue weighted by Gasteiger charge is -2.29. The molecule has 0 spiro atoms. The van der Waals surface area contributed by atoms with Crippen molar-refractivity contribution in [3.8, 4) is 5.75 Å². The average Bonchev–Trinajstić information content (AvgIpc) is 2.53. The molecule has 0 amide bonds.